The van der Waals surface area contributed by atoms with E-state index in [0.717, 1.165) is 69.8 Å². The predicted molar refractivity (Wildman–Crippen MR) is 160 cm³/mol. The Bertz CT molecular complexity index is 1250. The quantitative estimate of drug-likeness (QED) is 0.152. The molecular weight excluding hydrogens is 512 g/mol. The van der Waals surface area contributed by atoms with Crippen LogP contribution in [0.1, 0.15) is 120 Å². The molecule has 0 saturated heterocycles. The first-order valence-corrected chi connectivity index (χ1v) is 16.1. The van der Waals surface area contributed by atoms with E-state index in [4.69, 9.17) is 4.74 Å². The summed E-state index contributed by atoms with van der Waals surface area (Å²) in [5, 5.41) is 0. The van der Waals surface area contributed by atoms with Crippen LogP contribution in [0.5, 0.6) is 0 Å². The zero-order valence-corrected chi connectivity index (χ0v) is 27.0. The zero-order chi connectivity index (χ0) is 30.4. The van der Waals surface area contributed by atoms with Crippen molar-refractivity contribution in [3.8, 4) is 0 Å². The minimum Gasteiger partial charge on any atom is -0.469 e. The lowest BCUT2D eigenvalue weighted by molar-refractivity contribution is -0.191. The molecule has 4 saturated carbocycles. The third-order valence-corrected chi connectivity index (χ3v) is 13.5. The van der Waals surface area contributed by atoms with E-state index in [9.17, 15) is 19.2 Å². The molecule has 5 heteroatoms. The minimum absolute atomic E-state index is 0.0462. The van der Waals surface area contributed by atoms with E-state index < -0.39 is 16.2 Å². The largest absolute Gasteiger partial charge is 0.469 e. The number of esters is 1. The number of allylic oxidation sites excluding steroid dienone is 4. The van der Waals surface area contributed by atoms with Crippen LogP contribution < -0.4 is 0 Å². The molecule has 0 aromatic carbocycles. The molecule has 41 heavy (non-hydrogen) atoms. The van der Waals surface area contributed by atoms with Crippen molar-refractivity contribution in [3.63, 3.8) is 0 Å². The van der Waals surface area contributed by atoms with Gasteiger partial charge < -0.3 is 4.74 Å². The van der Waals surface area contributed by atoms with Crippen LogP contribution in [0.15, 0.2) is 23.3 Å². The number of carbonyl (C=O) groups excluding carboxylic acids is 4. The van der Waals surface area contributed by atoms with Crippen molar-refractivity contribution >= 4 is 23.3 Å². The SMILES string of the molecule is CCCC/C=C1\C(=O)C(=O)C(C)(C)[C@@H]2CC[C@]3(C)C(=CC(=O)[C@@H]4[C@@H]5CC(C)(C)CC[C@]5(C(=O)OC)CC[C@]43C)[C@@]12C. The first-order chi connectivity index (χ1) is 19.0. The smallest absolute Gasteiger partial charge is 0.312 e. The van der Waals surface area contributed by atoms with Gasteiger partial charge in [-0.15, -0.1) is 0 Å². The van der Waals surface area contributed by atoms with Gasteiger partial charge in [0.15, 0.2) is 5.78 Å². The van der Waals surface area contributed by atoms with Crippen LogP contribution in [0.3, 0.4) is 0 Å². The third kappa shape index (κ3) is 3.85. The number of ketones is 3. The van der Waals surface area contributed by atoms with Crippen molar-refractivity contribution in [1.29, 1.82) is 0 Å². The van der Waals surface area contributed by atoms with Gasteiger partial charge in [0.25, 0.3) is 0 Å². The van der Waals surface area contributed by atoms with E-state index in [-0.39, 0.29) is 57.3 Å². The van der Waals surface area contributed by atoms with Gasteiger partial charge in [0.1, 0.15) is 0 Å². The molecule has 0 heterocycles. The van der Waals surface area contributed by atoms with Gasteiger partial charge in [-0.1, -0.05) is 74.3 Å². The molecule has 5 rings (SSSR count). The Labute approximate surface area is 247 Å². The van der Waals surface area contributed by atoms with Crippen molar-refractivity contribution in [3.05, 3.63) is 23.3 Å². The highest BCUT2D eigenvalue weighted by atomic mass is 16.5. The number of hydrogen-bond donors (Lipinski definition) is 0. The standard InChI is InChI=1S/C36H52O5/c1-10-11-12-13-22-28(38)29(39)32(4,5)25-14-15-33(6)26(35(22,25)8)20-24(37)27-23-21-31(2,3)16-18-36(23,30(40)41-9)19-17-34(27,33)7/h13,20,23,25,27H,10-12,14-19,21H2,1-9H3/b22-13+/t23-,25-,27-,33+,34+,35-,36-/m0/s1. The van der Waals surface area contributed by atoms with Crippen LogP contribution in [0.25, 0.3) is 0 Å². The lowest BCUT2D eigenvalue weighted by Gasteiger charge is -2.69. The first kappa shape index (κ1) is 30.4. The lowest BCUT2D eigenvalue weighted by atomic mass is 9.33. The van der Waals surface area contributed by atoms with E-state index in [1.165, 1.54) is 7.11 Å². The molecule has 226 valence electrons. The number of unbranched alkanes of at least 4 members (excludes halogenated alkanes) is 2. The second kappa shape index (κ2) is 9.48. The Morgan fingerprint density at radius 1 is 0.976 bits per heavy atom. The molecule has 0 spiro atoms. The summed E-state index contributed by atoms with van der Waals surface area (Å²) >= 11 is 0. The Morgan fingerprint density at radius 3 is 2.27 bits per heavy atom. The molecule has 0 aromatic rings. The van der Waals surface area contributed by atoms with Gasteiger partial charge in [-0.3, -0.25) is 19.2 Å². The summed E-state index contributed by atoms with van der Waals surface area (Å²) in [6.45, 7) is 17.3. The van der Waals surface area contributed by atoms with Crippen molar-refractivity contribution in [2.75, 3.05) is 7.11 Å². The molecule has 0 aromatic heterocycles. The van der Waals surface area contributed by atoms with Crippen LogP contribution in [0.4, 0.5) is 0 Å². The summed E-state index contributed by atoms with van der Waals surface area (Å²) < 4.78 is 5.45. The van der Waals surface area contributed by atoms with Crippen LogP contribution in [0, 0.1) is 50.2 Å². The zero-order valence-electron chi connectivity index (χ0n) is 27.0. The van der Waals surface area contributed by atoms with Crippen molar-refractivity contribution in [2.45, 2.75) is 120 Å². The van der Waals surface area contributed by atoms with E-state index in [1.54, 1.807) is 0 Å². The molecule has 0 radical (unpaired) electrons. The second-order valence-electron chi connectivity index (χ2n) is 16.2. The second-order valence-corrected chi connectivity index (χ2v) is 16.2. The number of rotatable bonds is 4. The minimum atomic E-state index is -0.795. The van der Waals surface area contributed by atoms with Gasteiger partial charge >= 0.3 is 5.97 Å². The maximum atomic E-state index is 14.6. The van der Waals surface area contributed by atoms with Gasteiger partial charge in [0.2, 0.25) is 11.6 Å². The molecule has 0 aliphatic heterocycles. The van der Waals surface area contributed by atoms with Crippen molar-refractivity contribution < 1.29 is 23.9 Å². The fourth-order valence-corrected chi connectivity index (χ4v) is 10.9. The fraction of sp³-hybridized carbons (Fsp3) is 0.778. The van der Waals surface area contributed by atoms with Gasteiger partial charge in [0.05, 0.1) is 12.5 Å². The molecule has 5 aliphatic carbocycles. The van der Waals surface area contributed by atoms with Crippen LogP contribution in [-0.4, -0.2) is 30.4 Å². The van der Waals surface area contributed by atoms with E-state index in [1.807, 2.05) is 26.0 Å². The predicted octanol–water partition coefficient (Wildman–Crippen LogP) is 7.61. The number of methoxy groups -OCH3 is 1. The summed E-state index contributed by atoms with van der Waals surface area (Å²) in [4.78, 5) is 55.5. The molecule has 0 N–H and O–H groups in total. The van der Waals surface area contributed by atoms with Crippen LogP contribution in [-0.2, 0) is 23.9 Å². The Balaban J connectivity index is 1.71. The summed E-state index contributed by atoms with van der Waals surface area (Å²) in [6.07, 6.45) is 12.4. The number of carbonyl (C=O) groups is 4. The number of ether oxygens (including phenoxy) is 1. The summed E-state index contributed by atoms with van der Waals surface area (Å²) in [7, 11) is 1.49. The van der Waals surface area contributed by atoms with Crippen molar-refractivity contribution in [2.24, 2.45) is 50.2 Å². The van der Waals surface area contributed by atoms with Gasteiger partial charge in [-0.05, 0) is 91.1 Å². The average molecular weight is 565 g/mol. The molecule has 7 atom stereocenters. The lowest BCUT2D eigenvalue weighted by Crippen LogP contribution is -2.67. The summed E-state index contributed by atoms with van der Waals surface area (Å²) in [5.74, 6) is -1.09. The summed E-state index contributed by atoms with van der Waals surface area (Å²) in [6, 6.07) is 0. The molecule has 0 bridgehead atoms. The maximum Gasteiger partial charge on any atom is 0.312 e. The van der Waals surface area contributed by atoms with E-state index >= 15 is 0 Å². The number of Topliss-reactive ketones (excluding diaryl/α,β-unsaturated/α-hetero) is 2. The molecule has 0 amide bonds. The highest BCUT2D eigenvalue weighted by Crippen LogP contribution is 2.75. The third-order valence-electron chi connectivity index (χ3n) is 13.5. The normalized spacial score (nSPS) is 43.8. The molecule has 0 unspecified atom stereocenters. The monoisotopic (exact) mass is 564 g/mol. The van der Waals surface area contributed by atoms with Crippen LogP contribution in [0.2, 0.25) is 0 Å². The van der Waals surface area contributed by atoms with E-state index in [0.29, 0.717) is 5.57 Å². The van der Waals surface area contributed by atoms with Crippen molar-refractivity contribution in [1.82, 2.24) is 0 Å². The fourth-order valence-electron chi connectivity index (χ4n) is 10.9. The Kier molecular flexibility index (Phi) is 7.03. The van der Waals surface area contributed by atoms with Gasteiger partial charge in [-0.25, -0.2) is 0 Å². The number of hydrogen-bond acceptors (Lipinski definition) is 5. The summed E-state index contributed by atoms with van der Waals surface area (Å²) in [5.41, 5.74) is -1.06. The number of fused-ring (bicyclic) bond motifs is 7. The molecular formula is C36H52O5. The first-order valence-electron chi connectivity index (χ1n) is 16.1. The van der Waals surface area contributed by atoms with Crippen LogP contribution >= 0.6 is 0 Å². The van der Waals surface area contributed by atoms with Gasteiger partial charge in [-0.2, -0.15) is 0 Å². The van der Waals surface area contributed by atoms with Gasteiger partial charge in [0, 0.05) is 22.3 Å². The maximum absolute atomic E-state index is 14.6. The molecule has 5 aliphatic rings. The topological polar surface area (TPSA) is 77.5 Å². The highest BCUT2D eigenvalue weighted by Gasteiger charge is 2.72. The Hall–Kier alpha value is -2.04. The average Bonchev–Trinajstić information content (AvgIpc) is 2.90. The Morgan fingerprint density at radius 2 is 1.63 bits per heavy atom. The van der Waals surface area contributed by atoms with E-state index in [2.05, 4.69) is 41.5 Å². The highest BCUT2D eigenvalue weighted by molar-refractivity contribution is 6.46. The molecule has 5 nitrogen and oxygen atoms in total. The molecule has 4 fully saturated rings.